The normalized spacial score (nSPS) is 22.5. The zero-order valence-electron chi connectivity index (χ0n) is 8.22. The number of rotatable bonds is 3. The minimum atomic E-state index is 0.0836. The molecule has 78 valence electrons. The van der Waals surface area contributed by atoms with Crippen LogP contribution in [0.1, 0.15) is 31.2 Å². The van der Waals surface area contributed by atoms with Gasteiger partial charge in [0, 0.05) is 31.5 Å². The molecule has 0 spiro atoms. The van der Waals surface area contributed by atoms with Gasteiger partial charge in [0.05, 0.1) is 0 Å². The Morgan fingerprint density at radius 3 is 3.21 bits per heavy atom. The van der Waals surface area contributed by atoms with Crippen LogP contribution in [-0.4, -0.2) is 28.1 Å². The molecule has 1 unspecified atom stereocenters. The lowest BCUT2D eigenvalue weighted by atomic mass is 10.2. The van der Waals surface area contributed by atoms with Crippen LogP contribution >= 0.6 is 0 Å². The van der Waals surface area contributed by atoms with E-state index in [2.05, 4.69) is 5.10 Å². The summed E-state index contributed by atoms with van der Waals surface area (Å²) in [5.41, 5.74) is 1.06. The molecule has 0 aliphatic carbocycles. The average Bonchev–Trinajstić information content (AvgIpc) is 2.68. The van der Waals surface area contributed by atoms with E-state index in [1.807, 2.05) is 10.7 Å². The van der Waals surface area contributed by atoms with Crippen molar-refractivity contribution in [2.24, 2.45) is 0 Å². The lowest BCUT2D eigenvalue weighted by molar-refractivity contribution is -0.0413. The summed E-state index contributed by atoms with van der Waals surface area (Å²) in [6.07, 6.45) is 5.87. The summed E-state index contributed by atoms with van der Waals surface area (Å²) in [4.78, 5) is 0. The van der Waals surface area contributed by atoms with E-state index in [1.54, 1.807) is 6.20 Å². The van der Waals surface area contributed by atoms with E-state index >= 15 is 0 Å². The molecule has 1 aromatic rings. The molecule has 1 aliphatic rings. The molecule has 1 aromatic heterocycles. The van der Waals surface area contributed by atoms with E-state index in [1.165, 1.54) is 6.42 Å². The summed E-state index contributed by atoms with van der Waals surface area (Å²) < 4.78 is 7.53. The number of aliphatic hydroxyl groups is 1. The molecular formula is C10H16N2O2. The Labute approximate surface area is 83.5 Å². The van der Waals surface area contributed by atoms with Gasteiger partial charge in [-0.25, -0.2) is 4.68 Å². The monoisotopic (exact) mass is 196 g/mol. The first-order valence-electron chi connectivity index (χ1n) is 5.16. The standard InChI is InChI=1S/C10H16N2O2/c13-7-5-9-4-6-11-12(9)10-3-1-2-8-14-10/h4,6,10,13H,1-3,5,7-8H2. The van der Waals surface area contributed by atoms with Crippen molar-refractivity contribution in [2.75, 3.05) is 13.2 Å². The first-order chi connectivity index (χ1) is 6.92. The van der Waals surface area contributed by atoms with Crippen LogP contribution in [0.2, 0.25) is 0 Å². The summed E-state index contributed by atoms with van der Waals surface area (Å²) in [5, 5.41) is 13.1. The molecule has 0 bridgehead atoms. The summed E-state index contributed by atoms with van der Waals surface area (Å²) >= 11 is 0. The summed E-state index contributed by atoms with van der Waals surface area (Å²) in [7, 11) is 0. The second-order valence-electron chi connectivity index (χ2n) is 3.56. The number of ether oxygens (including phenoxy) is 1. The van der Waals surface area contributed by atoms with Crippen LogP contribution in [-0.2, 0) is 11.2 Å². The van der Waals surface area contributed by atoms with Gasteiger partial charge >= 0.3 is 0 Å². The van der Waals surface area contributed by atoms with Crippen LogP contribution in [0.5, 0.6) is 0 Å². The topological polar surface area (TPSA) is 47.3 Å². The van der Waals surface area contributed by atoms with Crippen molar-refractivity contribution in [3.05, 3.63) is 18.0 Å². The molecule has 1 atom stereocenters. The van der Waals surface area contributed by atoms with Gasteiger partial charge in [0.1, 0.15) is 6.23 Å². The summed E-state index contributed by atoms with van der Waals surface area (Å²) in [6, 6.07) is 1.94. The Morgan fingerprint density at radius 2 is 2.50 bits per heavy atom. The fraction of sp³-hybridized carbons (Fsp3) is 0.700. The number of aliphatic hydroxyl groups excluding tert-OH is 1. The Kier molecular flexibility index (Phi) is 3.16. The van der Waals surface area contributed by atoms with Crippen molar-refractivity contribution in [1.82, 2.24) is 9.78 Å². The second kappa shape index (κ2) is 4.57. The average molecular weight is 196 g/mol. The minimum absolute atomic E-state index is 0.0836. The van der Waals surface area contributed by atoms with Crippen LogP contribution in [0.15, 0.2) is 12.3 Å². The molecule has 0 saturated carbocycles. The third kappa shape index (κ3) is 1.96. The molecule has 0 aromatic carbocycles. The van der Waals surface area contributed by atoms with Crippen molar-refractivity contribution >= 4 is 0 Å². The van der Waals surface area contributed by atoms with E-state index < -0.39 is 0 Å². The fourth-order valence-electron chi connectivity index (χ4n) is 1.83. The third-order valence-electron chi connectivity index (χ3n) is 2.55. The van der Waals surface area contributed by atoms with Gasteiger partial charge in [-0.15, -0.1) is 0 Å². The molecule has 1 saturated heterocycles. The van der Waals surface area contributed by atoms with Crippen molar-refractivity contribution in [3.63, 3.8) is 0 Å². The number of hydrogen-bond donors (Lipinski definition) is 1. The zero-order chi connectivity index (χ0) is 9.80. The van der Waals surface area contributed by atoms with Gasteiger partial charge in [-0.2, -0.15) is 5.10 Å². The van der Waals surface area contributed by atoms with Gasteiger partial charge < -0.3 is 9.84 Å². The molecule has 0 amide bonds. The minimum Gasteiger partial charge on any atom is -0.396 e. The van der Waals surface area contributed by atoms with Crippen LogP contribution in [0.3, 0.4) is 0 Å². The molecule has 1 N–H and O–H groups in total. The molecule has 2 heterocycles. The van der Waals surface area contributed by atoms with Crippen molar-refractivity contribution < 1.29 is 9.84 Å². The Hall–Kier alpha value is -0.870. The quantitative estimate of drug-likeness (QED) is 0.788. The van der Waals surface area contributed by atoms with Gasteiger partial charge in [-0.1, -0.05) is 0 Å². The maximum absolute atomic E-state index is 8.88. The highest BCUT2D eigenvalue weighted by molar-refractivity contribution is 5.01. The van der Waals surface area contributed by atoms with E-state index in [0.29, 0.717) is 6.42 Å². The van der Waals surface area contributed by atoms with Crippen molar-refractivity contribution in [2.45, 2.75) is 31.9 Å². The van der Waals surface area contributed by atoms with Gasteiger partial charge in [-0.3, -0.25) is 0 Å². The molecule has 0 radical (unpaired) electrons. The summed E-state index contributed by atoms with van der Waals surface area (Å²) in [6.45, 7) is 0.988. The van der Waals surface area contributed by atoms with Crippen LogP contribution in [0.4, 0.5) is 0 Å². The van der Waals surface area contributed by atoms with Gasteiger partial charge in [-0.05, 0) is 25.3 Å². The smallest absolute Gasteiger partial charge is 0.150 e. The molecular weight excluding hydrogens is 180 g/mol. The molecule has 1 aliphatic heterocycles. The first kappa shape index (κ1) is 9.68. The van der Waals surface area contributed by atoms with E-state index in [4.69, 9.17) is 9.84 Å². The van der Waals surface area contributed by atoms with Gasteiger partial charge in [0.25, 0.3) is 0 Å². The maximum Gasteiger partial charge on any atom is 0.150 e. The lowest BCUT2D eigenvalue weighted by Gasteiger charge is -2.24. The maximum atomic E-state index is 8.88. The van der Waals surface area contributed by atoms with E-state index in [9.17, 15) is 0 Å². The predicted molar refractivity (Wildman–Crippen MR) is 51.9 cm³/mol. The van der Waals surface area contributed by atoms with Gasteiger partial charge in [0.15, 0.2) is 0 Å². The van der Waals surface area contributed by atoms with Gasteiger partial charge in [0.2, 0.25) is 0 Å². The highest BCUT2D eigenvalue weighted by atomic mass is 16.5. The van der Waals surface area contributed by atoms with Crippen molar-refractivity contribution in [1.29, 1.82) is 0 Å². The zero-order valence-corrected chi connectivity index (χ0v) is 8.22. The summed E-state index contributed by atoms with van der Waals surface area (Å²) in [5.74, 6) is 0. The van der Waals surface area contributed by atoms with E-state index in [-0.39, 0.29) is 12.8 Å². The molecule has 14 heavy (non-hydrogen) atoms. The Morgan fingerprint density at radius 1 is 1.57 bits per heavy atom. The van der Waals surface area contributed by atoms with Crippen LogP contribution in [0, 0.1) is 0 Å². The Balaban J connectivity index is 2.09. The fourth-order valence-corrected chi connectivity index (χ4v) is 1.83. The molecule has 4 nitrogen and oxygen atoms in total. The number of nitrogens with zero attached hydrogens (tertiary/aromatic N) is 2. The van der Waals surface area contributed by atoms with Crippen LogP contribution in [0.25, 0.3) is 0 Å². The molecule has 2 rings (SSSR count). The van der Waals surface area contributed by atoms with E-state index in [0.717, 1.165) is 25.1 Å². The largest absolute Gasteiger partial charge is 0.396 e. The molecule has 1 fully saturated rings. The number of aromatic nitrogens is 2. The lowest BCUT2D eigenvalue weighted by Crippen LogP contribution is -2.21. The second-order valence-corrected chi connectivity index (χ2v) is 3.56. The SMILES string of the molecule is OCCc1ccnn1C1CCCCO1. The first-order valence-corrected chi connectivity index (χ1v) is 5.16. The highest BCUT2D eigenvalue weighted by Gasteiger charge is 2.18. The highest BCUT2D eigenvalue weighted by Crippen LogP contribution is 2.23. The third-order valence-corrected chi connectivity index (χ3v) is 2.55. The predicted octanol–water partition coefficient (Wildman–Crippen LogP) is 1.12. The molecule has 4 heteroatoms. The van der Waals surface area contributed by atoms with Crippen molar-refractivity contribution in [3.8, 4) is 0 Å². The van der Waals surface area contributed by atoms with Crippen LogP contribution < -0.4 is 0 Å². The number of hydrogen-bond acceptors (Lipinski definition) is 3. The Bertz CT molecular complexity index is 279.